The highest BCUT2D eigenvalue weighted by atomic mass is 79.9. The third kappa shape index (κ3) is 1.94. The van der Waals surface area contributed by atoms with Crippen molar-refractivity contribution in [3.05, 3.63) is 34.3 Å². The van der Waals surface area contributed by atoms with Crippen LogP contribution in [0.3, 0.4) is 0 Å². The van der Waals surface area contributed by atoms with Crippen LogP contribution in [-0.2, 0) is 15.1 Å². The summed E-state index contributed by atoms with van der Waals surface area (Å²) >= 11 is 3.51. The van der Waals surface area contributed by atoms with Gasteiger partial charge in [-0.1, -0.05) is 55.8 Å². The Hall–Kier alpha value is -0.830. The monoisotopic (exact) mass is 364 g/mol. The maximum atomic E-state index is 12.2. The van der Waals surface area contributed by atoms with Crippen LogP contribution in [0.15, 0.2) is 28.7 Å². The van der Waals surface area contributed by atoms with Crippen molar-refractivity contribution in [2.45, 2.75) is 59.0 Å². The molecule has 2 fully saturated rings. The van der Waals surface area contributed by atoms with Crippen molar-refractivity contribution in [2.75, 3.05) is 0 Å². The van der Waals surface area contributed by atoms with Gasteiger partial charge in [0, 0.05) is 16.3 Å². The second kappa shape index (κ2) is 5.09. The van der Waals surface area contributed by atoms with Crippen LogP contribution in [-0.4, -0.2) is 5.97 Å². The lowest BCUT2D eigenvalue weighted by Crippen LogP contribution is -2.48. The Balaban J connectivity index is 2.14. The molecule has 2 bridgehead atoms. The largest absolute Gasteiger partial charge is 0.454 e. The zero-order valence-corrected chi connectivity index (χ0v) is 15.5. The highest BCUT2D eigenvalue weighted by Crippen LogP contribution is 2.73. The minimum Gasteiger partial charge on any atom is -0.454 e. The summed E-state index contributed by atoms with van der Waals surface area (Å²) in [4.78, 5) is 12.2. The van der Waals surface area contributed by atoms with E-state index in [4.69, 9.17) is 4.74 Å². The Labute approximate surface area is 141 Å². The Morgan fingerprint density at radius 2 is 1.91 bits per heavy atom. The first-order valence-corrected chi connectivity index (χ1v) is 9.04. The first kappa shape index (κ1) is 16.0. The molecule has 0 aliphatic heterocycles. The molecule has 1 aromatic rings. The number of carbonyl (C=O) groups is 1. The van der Waals surface area contributed by atoms with E-state index in [1.165, 1.54) is 6.42 Å². The number of rotatable bonds is 3. The van der Waals surface area contributed by atoms with Crippen molar-refractivity contribution < 1.29 is 9.53 Å². The van der Waals surface area contributed by atoms with E-state index < -0.39 is 5.60 Å². The van der Waals surface area contributed by atoms with Crippen molar-refractivity contribution in [1.82, 2.24) is 0 Å². The number of halogens is 1. The third-order valence-electron chi connectivity index (χ3n) is 6.75. The molecule has 1 aromatic carbocycles. The first-order chi connectivity index (χ1) is 10.3. The van der Waals surface area contributed by atoms with Crippen molar-refractivity contribution in [3.8, 4) is 0 Å². The molecule has 2 unspecified atom stereocenters. The quantitative estimate of drug-likeness (QED) is 0.667. The summed E-state index contributed by atoms with van der Waals surface area (Å²) in [6.45, 7) is 8.90. The predicted octanol–water partition coefficient (Wildman–Crippen LogP) is 5.44. The summed E-state index contributed by atoms with van der Waals surface area (Å²) in [6.07, 6.45) is 3.74. The lowest BCUT2D eigenvalue weighted by molar-refractivity contribution is -0.182. The van der Waals surface area contributed by atoms with Crippen molar-refractivity contribution in [3.63, 3.8) is 0 Å². The van der Waals surface area contributed by atoms with E-state index in [1.54, 1.807) is 0 Å². The average Bonchev–Trinajstić information content (AvgIpc) is 2.80. The molecule has 0 radical (unpaired) electrons. The summed E-state index contributed by atoms with van der Waals surface area (Å²) in [5, 5.41) is 0. The molecule has 2 aliphatic carbocycles. The number of hydrogen-bond donors (Lipinski definition) is 0. The van der Waals surface area contributed by atoms with E-state index in [2.05, 4.69) is 61.0 Å². The molecule has 3 rings (SSSR count). The molecule has 0 spiro atoms. The van der Waals surface area contributed by atoms with Crippen LogP contribution in [0.4, 0.5) is 0 Å². The van der Waals surface area contributed by atoms with Gasteiger partial charge in [0.15, 0.2) is 0 Å². The molecular formula is C19H25BrO2. The van der Waals surface area contributed by atoms with Gasteiger partial charge in [-0.25, -0.2) is 0 Å². The van der Waals surface area contributed by atoms with Crippen LogP contribution in [0.1, 0.15) is 58.9 Å². The maximum Gasteiger partial charge on any atom is 0.306 e. The zero-order chi connectivity index (χ0) is 16.2. The molecular weight excluding hydrogens is 340 g/mol. The smallest absolute Gasteiger partial charge is 0.306 e. The number of ether oxygens (including phenoxy) is 1. The van der Waals surface area contributed by atoms with Gasteiger partial charge in [0.25, 0.3) is 0 Å². The minimum atomic E-state index is -0.479. The van der Waals surface area contributed by atoms with E-state index in [0.29, 0.717) is 12.3 Å². The second-order valence-corrected chi connectivity index (χ2v) is 8.57. The van der Waals surface area contributed by atoms with Gasteiger partial charge < -0.3 is 4.74 Å². The molecule has 0 saturated heterocycles. The van der Waals surface area contributed by atoms with Gasteiger partial charge in [-0.15, -0.1) is 0 Å². The lowest BCUT2D eigenvalue weighted by Gasteiger charge is -2.48. The molecule has 0 amide bonds. The van der Waals surface area contributed by atoms with Crippen LogP contribution >= 0.6 is 15.9 Å². The van der Waals surface area contributed by atoms with E-state index in [9.17, 15) is 4.79 Å². The first-order valence-electron chi connectivity index (χ1n) is 8.25. The third-order valence-corrected chi connectivity index (χ3v) is 7.28. The fraction of sp³-hybridized carbons (Fsp3) is 0.632. The molecule has 2 nitrogen and oxygen atoms in total. The zero-order valence-electron chi connectivity index (χ0n) is 13.9. The molecule has 22 heavy (non-hydrogen) atoms. The molecule has 3 atom stereocenters. The fourth-order valence-corrected chi connectivity index (χ4v) is 5.15. The van der Waals surface area contributed by atoms with Crippen LogP contribution < -0.4 is 0 Å². The summed E-state index contributed by atoms with van der Waals surface area (Å²) in [6, 6.07) is 8.35. The summed E-state index contributed by atoms with van der Waals surface area (Å²) in [5.74, 6) is 0.526. The van der Waals surface area contributed by atoms with Gasteiger partial charge in [0.05, 0.1) is 0 Å². The van der Waals surface area contributed by atoms with Crippen LogP contribution in [0.5, 0.6) is 0 Å². The van der Waals surface area contributed by atoms with E-state index in [-0.39, 0.29) is 16.8 Å². The van der Waals surface area contributed by atoms with Gasteiger partial charge >= 0.3 is 5.97 Å². The van der Waals surface area contributed by atoms with E-state index in [0.717, 1.165) is 22.9 Å². The van der Waals surface area contributed by atoms with E-state index >= 15 is 0 Å². The number of esters is 1. The van der Waals surface area contributed by atoms with Crippen molar-refractivity contribution >= 4 is 21.9 Å². The normalized spacial score (nSPS) is 35.6. The summed E-state index contributed by atoms with van der Waals surface area (Å²) in [5.41, 5.74) is 0.847. The Morgan fingerprint density at radius 1 is 1.27 bits per heavy atom. The number of hydrogen-bond acceptors (Lipinski definition) is 2. The molecule has 0 aromatic heterocycles. The number of benzene rings is 1. The Morgan fingerprint density at radius 3 is 2.36 bits per heavy atom. The molecule has 0 N–H and O–H groups in total. The molecule has 0 heterocycles. The molecule has 120 valence electrons. The van der Waals surface area contributed by atoms with Gasteiger partial charge in [0.1, 0.15) is 5.60 Å². The summed E-state index contributed by atoms with van der Waals surface area (Å²) < 4.78 is 7.25. The summed E-state index contributed by atoms with van der Waals surface area (Å²) in [7, 11) is 0. The molecule has 2 aliphatic rings. The van der Waals surface area contributed by atoms with Crippen LogP contribution in [0.25, 0.3) is 0 Å². The highest BCUT2D eigenvalue weighted by Gasteiger charge is 2.71. The van der Waals surface area contributed by atoms with Crippen LogP contribution in [0.2, 0.25) is 0 Å². The highest BCUT2D eigenvalue weighted by molar-refractivity contribution is 9.10. The second-order valence-electron chi connectivity index (χ2n) is 7.66. The Kier molecular flexibility index (Phi) is 3.71. The van der Waals surface area contributed by atoms with Crippen LogP contribution in [0, 0.1) is 16.7 Å². The van der Waals surface area contributed by atoms with Crippen molar-refractivity contribution in [1.29, 1.82) is 0 Å². The van der Waals surface area contributed by atoms with Gasteiger partial charge in [-0.05, 0) is 48.3 Å². The standard InChI is InChI=1S/C19H25BrO2/c1-5-16(21)22-19(13-6-8-15(20)9-7-13)12-14-10-11-18(19,4)17(14,2)3/h6-9,14H,5,10-12H2,1-4H3/t14?,18?,19-/m0/s1. The van der Waals surface area contributed by atoms with Crippen molar-refractivity contribution in [2.24, 2.45) is 16.7 Å². The SMILES string of the molecule is CCC(=O)O[C@]1(c2ccc(Br)cc2)CC2CCC1(C)C2(C)C. The number of carbonyl (C=O) groups excluding carboxylic acids is 1. The van der Waals surface area contributed by atoms with E-state index in [1.807, 2.05) is 6.92 Å². The topological polar surface area (TPSA) is 26.3 Å². The maximum absolute atomic E-state index is 12.2. The molecule has 3 heteroatoms. The fourth-order valence-electron chi connectivity index (χ4n) is 4.88. The number of fused-ring (bicyclic) bond motifs is 2. The predicted molar refractivity (Wildman–Crippen MR) is 91.4 cm³/mol. The van der Waals surface area contributed by atoms with Gasteiger partial charge in [-0.3, -0.25) is 4.79 Å². The lowest BCUT2D eigenvalue weighted by atomic mass is 9.62. The molecule has 2 saturated carbocycles. The average molecular weight is 365 g/mol. The minimum absolute atomic E-state index is 0.0106. The van der Waals surface area contributed by atoms with Gasteiger partial charge in [-0.2, -0.15) is 0 Å². The Bertz CT molecular complexity index is 592. The van der Waals surface area contributed by atoms with Gasteiger partial charge in [0.2, 0.25) is 0 Å².